The van der Waals surface area contributed by atoms with Gasteiger partial charge in [0.1, 0.15) is 0 Å². The molecule has 2 rings (SSSR count). The summed E-state index contributed by atoms with van der Waals surface area (Å²) in [4.78, 5) is 11.7. The van der Waals surface area contributed by atoms with E-state index in [0.717, 1.165) is 12.1 Å². The van der Waals surface area contributed by atoms with Gasteiger partial charge in [-0.3, -0.25) is 0 Å². The van der Waals surface area contributed by atoms with Crippen LogP contribution in [-0.2, 0) is 6.54 Å². The van der Waals surface area contributed by atoms with E-state index in [1.807, 2.05) is 30.3 Å². The fourth-order valence-corrected chi connectivity index (χ4v) is 2.43. The van der Waals surface area contributed by atoms with Crippen LogP contribution in [0.2, 0.25) is 0 Å². The van der Waals surface area contributed by atoms with E-state index < -0.39 is 0 Å². The second-order valence-electron chi connectivity index (χ2n) is 5.23. The van der Waals surface area contributed by atoms with Crippen LogP contribution in [0.4, 0.5) is 4.79 Å². The Balaban J connectivity index is 1.67. The van der Waals surface area contributed by atoms with Crippen LogP contribution in [0.25, 0.3) is 0 Å². The van der Waals surface area contributed by atoms with Gasteiger partial charge in [-0.15, -0.1) is 0 Å². The van der Waals surface area contributed by atoms with E-state index in [-0.39, 0.29) is 6.03 Å². The number of carbonyl (C=O) groups excluding carboxylic acids is 1. The Hall–Kier alpha value is -1.55. The van der Waals surface area contributed by atoms with Crippen molar-refractivity contribution in [2.75, 3.05) is 13.1 Å². The average molecular weight is 261 g/mol. The van der Waals surface area contributed by atoms with Crippen molar-refractivity contribution in [2.24, 2.45) is 5.92 Å². The summed E-state index contributed by atoms with van der Waals surface area (Å²) >= 11 is 0. The Kier molecular flexibility index (Phi) is 5.21. The minimum Gasteiger partial charge on any atom is -0.337 e. The van der Waals surface area contributed by atoms with E-state index in [4.69, 9.17) is 0 Å². The van der Waals surface area contributed by atoms with Gasteiger partial charge in [-0.25, -0.2) is 4.79 Å². The summed E-state index contributed by atoms with van der Waals surface area (Å²) in [6, 6.07) is 10.2. The lowest BCUT2D eigenvalue weighted by Crippen LogP contribution is -2.49. The van der Waals surface area contributed by atoms with Crippen molar-refractivity contribution >= 4 is 6.03 Å². The highest BCUT2D eigenvalue weighted by molar-refractivity contribution is 5.73. The third kappa shape index (κ3) is 4.56. The minimum atomic E-state index is -0.0940. The number of rotatable bonds is 4. The maximum absolute atomic E-state index is 11.7. The number of amides is 2. The number of piperidine rings is 1. The second kappa shape index (κ2) is 7.14. The largest absolute Gasteiger partial charge is 0.337 e. The van der Waals surface area contributed by atoms with Gasteiger partial charge in [0.15, 0.2) is 0 Å². The Morgan fingerprint density at radius 3 is 2.84 bits per heavy atom. The van der Waals surface area contributed by atoms with E-state index in [2.05, 4.69) is 22.9 Å². The molecule has 104 valence electrons. The number of hydrogen-bond acceptors (Lipinski definition) is 2. The summed E-state index contributed by atoms with van der Waals surface area (Å²) in [6.45, 7) is 4.56. The molecule has 3 N–H and O–H groups in total. The van der Waals surface area contributed by atoms with Crippen molar-refractivity contribution in [3.8, 4) is 0 Å². The maximum Gasteiger partial charge on any atom is 0.315 e. The highest BCUT2D eigenvalue weighted by atomic mass is 16.2. The molecule has 0 radical (unpaired) electrons. The van der Waals surface area contributed by atoms with Crippen molar-refractivity contribution < 1.29 is 4.79 Å². The van der Waals surface area contributed by atoms with Gasteiger partial charge in [-0.05, 0) is 30.9 Å². The van der Waals surface area contributed by atoms with Gasteiger partial charge in [0.25, 0.3) is 0 Å². The molecule has 1 fully saturated rings. The zero-order chi connectivity index (χ0) is 13.5. The molecule has 1 aromatic rings. The standard InChI is InChI=1S/C15H23N3O/c1-12-6-5-9-16-14(12)11-18-15(19)17-10-13-7-3-2-4-8-13/h2-4,7-8,12,14,16H,5-6,9-11H2,1H3,(H2,17,18,19). The first-order valence-electron chi connectivity index (χ1n) is 7.04. The van der Waals surface area contributed by atoms with Gasteiger partial charge < -0.3 is 16.0 Å². The van der Waals surface area contributed by atoms with Crippen molar-refractivity contribution in [2.45, 2.75) is 32.4 Å². The topological polar surface area (TPSA) is 53.2 Å². The van der Waals surface area contributed by atoms with Crippen molar-refractivity contribution in [1.29, 1.82) is 0 Å². The number of carbonyl (C=O) groups is 1. The molecule has 0 spiro atoms. The average Bonchev–Trinajstić information content (AvgIpc) is 2.45. The summed E-state index contributed by atoms with van der Waals surface area (Å²) < 4.78 is 0. The third-order valence-electron chi connectivity index (χ3n) is 3.71. The molecule has 1 aliphatic heterocycles. The first kappa shape index (κ1) is 13.9. The van der Waals surface area contributed by atoms with Crippen LogP contribution in [0.15, 0.2) is 30.3 Å². The summed E-state index contributed by atoms with van der Waals surface area (Å²) in [6.07, 6.45) is 2.48. The summed E-state index contributed by atoms with van der Waals surface area (Å²) in [5.41, 5.74) is 1.11. The Bertz CT molecular complexity index is 394. The zero-order valence-electron chi connectivity index (χ0n) is 11.5. The van der Waals surface area contributed by atoms with E-state index >= 15 is 0 Å². The van der Waals surface area contributed by atoms with Crippen molar-refractivity contribution in [1.82, 2.24) is 16.0 Å². The lowest BCUT2D eigenvalue weighted by atomic mass is 9.93. The first-order valence-corrected chi connectivity index (χ1v) is 7.04. The molecule has 0 saturated carbocycles. The van der Waals surface area contributed by atoms with Crippen molar-refractivity contribution in [3.63, 3.8) is 0 Å². The summed E-state index contributed by atoms with van der Waals surface area (Å²) in [5, 5.41) is 9.27. The molecule has 4 nitrogen and oxygen atoms in total. The van der Waals surface area contributed by atoms with Crippen LogP contribution in [0.5, 0.6) is 0 Å². The molecular formula is C15H23N3O. The SMILES string of the molecule is CC1CCCNC1CNC(=O)NCc1ccccc1. The highest BCUT2D eigenvalue weighted by Crippen LogP contribution is 2.14. The normalized spacial score (nSPS) is 22.8. The minimum absolute atomic E-state index is 0.0940. The van der Waals surface area contributed by atoms with E-state index in [1.54, 1.807) is 0 Å². The molecule has 0 aliphatic carbocycles. The predicted octanol–water partition coefficient (Wildman–Crippen LogP) is 1.87. The summed E-state index contributed by atoms with van der Waals surface area (Å²) in [7, 11) is 0. The van der Waals surface area contributed by atoms with E-state index in [1.165, 1.54) is 12.8 Å². The predicted molar refractivity (Wildman–Crippen MR) is 76.9 cm³/mol. The monoisotopic (exact) mass is 261 g/mol. The van der Waals surface area contributed by atoms with Gasteiger partial charge >= 0.3 is 6.03 Å². The maximum atomic E-state index is 11.7. The Morgan fingerprint density at radius 1 is 1.32 bits per heavy atom. The number of benzene rings is 1. The van der Waals surface area contributed by atoms with E-state index in [9.17, 15) is 4.79 Å². The molecule has 1 saturated heterocycles. The molecule has 19 heavy (non-hydrogen) atoms. The van der Waals surface area contributed by atoms with Gasteiger partial charge in [-0.2, -0.15) is 0 Å². The zero-order valence-corrected chi connectivity index (χ0v) is 11.5. The second-order valence-corrected chi connectivity index (χ2v) is 5.23. The summed E-state index contributed by atoms with van der Waals surface area (Å²) in [5.74, 6) is 0.628. The van der Waals surface area contributed by atoms with Gasteiger partial charge in [0, 0.05) is 19.1 Å². The third-order valence-corrected chi connectivity index (χ3v) is 3.71. The van der Waals surface area contributed by atoms with Crippen molar-refractivity contribution in [3.05, 3.63) is 35.9 Å². The van der Waals surface area contributed by atoms with E-state index in [0.29, 0.717) is 25.0 Å². The number of urea groups is 1. The van der Waals surface area contributed by atoms with Gasteiger partial charge in [0.05, 0.1) is 0 Å². The Morgan fingerprint density at radius 2 is 2.11 bits per heavy atom. The molecule has 0 aromatic heterocycles. The molecule has 2 amide bonds. The van der Waals surface area contributed by atoms with Crippen LogP contribution in [0.3, 0.4) is 0 Å². The molecule has 1 aliphatic rings. The van der Waals surface area contributed by atoms with Gasteiger partial charge in [0.2, 0.25) is 0 Å². The van der Waals surface area contributed by atoms with Crippen LogP contribution < -0.4 is 16.0 Å². The fourth-order valence-electron chi connectivity index (χ4n) is 2.43. The number of hydrogen-bond donors (Lipinski definition) is 3. The molecular weight excluding hydrogens is 238 g/mol. The van der Waals surface area contributed by atoms with Crippen LogP contribution in [0.1, 0.15) is 25.3 Å². The Labute approximate surface area is 115 Å². The smallest absolute Gasteiger partial charge is 0.315 e. The lowest BCUT2D eigenvalue weighted by Gasteiger charge is -2.30. The molecule has 0 bridgehead atoms. The first-order chi connectivity index (χ1) is 9.25. The fraction of sp³-hybridized carbons (Fsp3) is 0.533. The van der Waals surface area contributed by atoms with Gasteiger partial charge in [-0.1, -0.05) is 37.3 Å². The molecule has 4 heteroatoms. The lowest BCUT2D eigenvalue weighted by molar-refractivity contribution is 0.233. The van der Waals surface area contributed by atoms with Crippen LogP contribution in [-0.4, -0.2) is 25.2 Å². The highest BCUT2D eigenvalue weighted by Gasteiger charge is 2.20. The molecule has 2 unspecified atom stereocenters. The number of nitrogens with one attached hydrogen (secondary N) is 3. The van der Waals surface area contributed by atoms with Crippen LogP contribution >= 0.6 is 0 Å². The quantitative estimate of drug-likeness (QED) is 0.775. The molecule has 2 atom stereocenters. The van der Waals surface area contributed by atoms with Crippen LogP contribution in [0, 0.1) is 5.92 Å². The molecule has 1 heterocycles. The molecule has 1 aromatic carbocycles.